The van der Waals surface area contributed by atoms with Gasteiger partial charge in [-0.1, -0.05) is 29.9 Å². The number of methoxy groups -OCH3 is 1. The Kier molecular flexibility index (Phi) is 4.22. The third-order valence-corrected chi connectivity index (χ3v) is 3.41. The number of nitrogens with zero attached hydrogens (tertiary/aromatic N) is 4. The lowest BCUT2D eigenvalue weighted by Gasteiger charge is -2.04. The fourth-order valence-electron chi connectivity index (χ4n) is 1.30. The maximum absolute atomic E-state index is 5.72. The summed E-state index contributed by atoms with van der Waals surface area (Å²) in [4.78, 5) is 0. The molecule has 0 atom stereocenters. The smallest absolute Gasteiger partial charge is 0.214 e. The first-order chi connectivity index (χ1) is 8.70. The average molecular weight is 283 g/mol. The molecule has 0 radical (unpaired) electrons. The fraction of sp³-hybridized carbons (Fsp3) is 0.182. The van der Waals surface area contributed by atoms with Crippen LogP contribution in [0.25, 0.3) is 5.69 Å². The van der Waals surface area contributed by atoms with Gasteiger partial charge in [-0.15, -0.1) is 5.10 Å². The van der Waals surface area contributed by atoms with E-state index in [1.54, 1.807) is 11.8 Å². The van der Waals surface area contributed by atoms with Crippen molar-refractivity contribution in [1.82, 2.24) is 20.2 Å². The highest BCUT2D eigenvalue weighted by Gasteiger charge is 2.09. The number of thioether (sulfide) groups is 1. The molecule has 0 spiro atoms. The maximum Gasteiger partial charge on any atom is 0.214 e. The largest absolute Gasteiger partial charge is 0.497 e. The lowest BCUT2D eigenvalue weighted by Crippen LogP contribution is -1.99. The second-order valence-corrected chi connectivity index (χ2v) is 4.85. The van der Waals surface area contributed by atoms with Gasteiger partial charge in [-0.25, -0.2) is 0 Å². The quantitative estimate of drug-likeness (QED) is 0.789. The minimum atomic E-state index is 0.560. The molecular formula is C11H11ClN4OS. The zero-order chi connectivity index (χ0) is 13.0. The van der Waals surface area contributed by atoms with Crippen molar-refractivity contribution in [1.29, 1.82) is 0 Å². The Morgan fingerprint density at radius 3 is 2.78 bits per heavy atom. The number of hydrogen-bond donors (Lipinski definition) is 0. The van der Waals surface area contributed by atoms with Crippen LogP contribution in [-0.4, -0.2) is 33.1 Å². The lowest BCUT2D eigenvalue weighted by atomic mass is 10.3. The van der Waals surface area contributed by atoms with Gasteiger partial charge in [-0.05, 0) is 34.7 Å². The molecule has 1 aromatic heterocycles. The van der Waals surface area contributed by atoms with Crippen molar-refractivity contribution < 1.29 is 4.74 Å². The summed E-state index contributed by atoms with van der Waals surface area (Å²) in [5, 5.41) is 12.8. The number of tetrazole rings is 1. The number of halogens is 1. The molecule has 18 heavy (non-hydrogen) atoms. The first-order valence-electron chi connectivity index (χ1n) is 5.09. The Labute approximate surface area is 114 Å². The van der Waals surface area contributed by atoms with Crippen LogP contribution in [0.5, 0.6) is 5.75 Å². The second-order valence-electron chi connectivity index (χ2n) is 3.38. The SMILES string of the molecule is C=C(Cl)CSc1nnnn1-c1ccc(OC)cc1. The van der Waals surface area contributed by atoms with E-state index in [1.165, 1.54) is 11.8 Å². The fourth-order valence-corrected chi connectivity index (χ4v) is 2.11. The highest BCUT2D eigenvalue weighted by Crippen LogP contribution is 2.22. The minimum absolute atomic E-state index is 0.560. The predicted octanol–water partition coefficient (Wildman–Crippen LogP) is 2.52. The molecule has 2 aromatic rings. The summed E-state index contributed by atoms with van der Waals surface area (Å²) in [7, 11) is 1.62. The molecule has 0 bridgehead atoms. The van der Waals surface area contributed by atoms with Crippen molar-refractivity contribution in [2.75, 3.05) is 12.9 Å². The van der Waals surface area contributed by atoms with Crippen molar-refractivity contribution >= 4 is 23.4 Å². The Morgan fingerprint density at radius 2 is 2.17 bits per heavy atom. The van der Waals surface area contributed by atoms with Crippen LogP contribution in [0.4, 0.5) is 0 Å². The van der Waals surface area contributed by atoms with Gasteiger partial charge in [0, 0.05) is 10.8 Å². The molecule has 0 aliphatic heterocycles. The molecule has 1 aromatic carbocycles. The first-order valence-corrected chi connectivity index (χ1v) is 6.46. The molecule has 5 nitrogen and oxygen atoms in total. The van der Waals surface area contributed by atoms with Crippen LogP contribution in [0.1, 0.15) is 0 Å². The number of aromatic nitrogens is 4. The van der Waals surface area contributed by atoms with E-state index >= 15 is 0 Å². The van der Waals surface area contributed by atoms with Crippen LogP contribution in [0.15, 0.2) is 41.0 Å². The molecule has 1 heterocycles. The highest BCUT2D eigenvalue weighted by molar-refractivity contribution is 7.99. The molecule has 0 amide bonds. The summed E-state index contributed by atoms with van der Waals surface area (Å²) in [6.45, 7) is 3.63. The summed E-state index contributed by atoms with van der Waals surface area (Å²) in [5.41, 5.74) is 0.864. The summed E-state index contributed by atoms with van der Waals surface area (Å²) in [6, 6.07) is 7.47. The maximum atomic E-state index is 5.72. The van der Waals surface area contributed by atoms with Gasteiger partial charge in [-0.2, -0.15) is 4.68 Å². The first kappa shape index (κ1) is 12.9. The molecule has 7 heteroatoms. The highest BCUT2D eigenvalue weighted by atomic mass is 35.5. The zero-order valence-electron chi connectivity index (χ0n) is 9.71. The molecule has 0 fully saturated rings. The Bertz CT molecular complexity index is 540. The zero-order valence-corrected chi connectivity index (χ0v) is 11.3. The van der Waals surface area contributed by atoms with Gasteiger partial charge in [0.05, 0.1) is 12.8 Å². The summed E-state index contributed by atoms with van der Waals surface area (Å²) >= 11 is 7.15. The topological polar surface area (TPSA) is 52.8 Å². The van der Waals surface area contributed by atoms with E-state index in [4.69, 9.17) is 16.3 Å². The third kappa shape index (κ3) is 3.02. The summed E-state index contributed by atoms with van der Waals surface area (Å²) < 4.78 is 6.74. The van der Waals surface area contributed by atoms with Crippen molar-refractivity contribution in [3.8, 4) is 11.4 Å². The van der Waals surface area contributed by atoms with Crippen molar-refractivity contribution in [3.63, 3.8) is 0 Å². The molecule has 0 saturated heterocycles. The molecule has 0 aliphatic rings. The molecular weight excluding hydrogens is 272 g/mol. The van der Waals surface area contributed by atoms with Crippen molar-refractivity contribution in [2.45, 2.75) is 5.16 Å². The van der Waals surface area contributed by atoms with Crippen LogP contribution >= 0.6 is 23.4 Å². The Balaban J connectivity index is 2.21. The molecule has 0 saturated carbocycles. The van der Waals surface area contributed by atoms with Gasteiger partial charge in [0.15, 0.2) is 0 Å². The van der Waals surface area contributed by atoms with Crippen molar-refractivity contribution in [3.05, 3.63) is 35.9 Å². The van der Waals surface area contributed by atoms with E-state index in [-0.39, 0.29) is 0 Å². The van der Waals surface area contributed by atoms with Crippen molar-refractivity contribution in [2.24, 2.45) is 0 Å². The van der Waals surface area contributed by atoms with Gasteiger partial charge in [0.2, 0.25) is 5.16 Å². The van der Waals surface area contributed by atoms with E-state index < -0.39 is 0 Å². The Hall–Kier alpha value is -1.53. The molecule has 0 aliphatic carbocycles. The van der Waals surface area contributed by atoms with Gasteiger partial charge in [0.25, 0.3) is 0 Å². The van der Waals surface area contributed by atoms with Gasteiger partial charge in [-0.3, -0.25) is 0 Å². The van der Waals surface area contributed by atoms with Crippen LogP contribution < -0.4 is 4.74 Å². The number of rotatable bonds is 5. The van der Waals surface area contributed by atoms with Gasteiger partial charge in [0.1, 0.15) is 5.75 Å². The third-order valence-electron chi connectivity index (χ3n) is 2.12. The standard InChI is InChI=1S/C11H11ClN4OS/c1-8(12)7-18-11-13-14-15-16(11)9-3-5-10(17-2)6-4-9/h3-6H,1,7H2,2H3. The van der Waals surface area contributed by atoms with E-state index in [0.717, 1.165) is 11.4 Å². The summed E-state index contributed by atoms with van der Waals surface area (Å²) in [5.74, 6) is 1.35. The Morgan fingerprint density at radius 1 is 1.44 bits per heavy atom. The van der Waals surface area contributed by atoms with Crippen LogP contribution in [-0.2, 0) is 0 Å². The number of hydrogen-bond acceptors (Lipinski definition) is 5. The van der Waals surface area contributed by atoms with E-state index in [0.29, 0.717) is 15.9 Å². The minimum Gasteiger partial charge on any atom is -0.497 e. The van der Waals surface area contributed by atoms with Gasteiger partial charge < -0.3 is 4.74 Å². The molecule has 94 valence electrons. The molecule has 2 rings (SSSR count). The van der Waals surface area contributed by atoms with Gasteiger partial charge >= 0.3 is 0 Å². The van der Waals surface area contributed by atoms with Crippen LogP contribution in [0.3, 0.4) is 0 Å². The van der Waals surface area contributed by atoms with E-state index in [9.17, 15) is 0 Å². The molecule has 0 unspecified atom stereocenters. The van der Waals surface area contributed by atoms with E-state index in [1.807, 2.05) is 24.3 Å². The van der Waals surface area contributed by atoms with E-state index in [2.05, 4.69) is 22.1 Å². The second kappa shape index (κ2) is 5.88. The predicted molar refractivity (Wildman–Crippen MR) is 71.4 cm³/mol. The lowest BCUT2D eigenvalue weighted by molar-refractivity contribution is 0.414. The number of benzene rings is 1. The normalized spacial score (nSPS) is 10.3. The summed E-state index contributed by atoms with van der Waals surface area (Å²) in [6.07, 6.45) is 0. The average Bonchev–Trinajstić information content (AvgIpc) is 2.85. The van der Waals surface area contributed by atoms with Crippen LogP contribution in [0, 0.1) is 0 Å². The molecule has 0 N–H and O–H groups in total. The van der Waals surface area contributed by atoms with Crippen LogP contribution in [0.2, 0.25) is 0 Å². The monoisotopic (exact) mass is 282 g/mol. The number of ether oxygens (including phenoxy) is 1.